The van der Waals surface area contributed by atoms with Gasteiger partial charge in [-0.2, -0.15) is 0 Å². The Morgan fingerprint density at radius 3 is 2.35 bits per heavy atom. The normalized spacial score (nSPS) is 14.2. The molecule has 0 aromatic heterocycles. The largest absolute Gasteiger partial charge is 0.347 e. The predicted molar refractivity (Wildman–Crippen MR) is 70.9 cm³/mol. The molecule has 0 aliphatic heterocycles. The minimum atomic E-state index is -0.167. The van der Waals surface area contributed by atoms with Gasteiger partial charge in [-0.25, -0.2) is 0 Å². The maximum atomic E-state index is 11.8. The van der Waals surface area contributed by atoms with Crippen LogP contribution in [-0.2, 0) is 4.79 Å². The van der Waals surface area contributed by atoms with Crippen LogP contribution in [0.25, 0.3) is 0 Å². The van der Waals surface area contributed by atoms with Crippen molar-refractivity contribution in [3.63, 3.8) is 0 Å². The first-order chi connectivity index (χ1) is 7.93. The number of aryl methyl sites for hydroxylation is 1. The summed E-state index contributed by atoms with van der Waals surface area (Å²) in [7, 11) is 3.55. The topological polar surface area (TPSA) is 32.3 Å². The number of benzene rings is 1. The second-order valence-electron chi connectivity index (χ2n) is 4.70. The molecule has 0 spiro atoms. The monoisotopic (exact) mass is 234 g/mol. The molecular weight excluding hydrogens is 212 g/mol. The second kappa shape index (κ2) is 5.82. The standard InChI is InChI=1S/C14H22N2O/c1-10-8-6-7-9-13(10)11(2)15-12(3)14(17)16(4)5/h6-9,11-12,15H,1-5H3/t11-,12?/m1/s1. The van der Waals surface area contributed by atoms with E-state index in [2.05, 4.69) is 31.3 Å². The molecule has 1 unspecified atom stereocenters. The van der Waals surface area contributed by atoms with Crippen LogP contribution in [0.2, 0.25) is 0 Å². The molecule has 94 valence electrons. The SMILES string of the molecule is Cc1ccccc1[C@@H](C)NC(C)C(=O)N(C)C. The van der Waals surface area contributed by atoms with Crippen molar-refractivity contribution in [1.29, 1.82) is 0 Å². The number of nitrogens with one attached hydrogen (secondary N) is 1. The molecule has 1 aromatic carbocycles. The lowest BCUT2D eigenvalue weighted by Crippen LogP contribution is -2.42. The Morgan fingerprint density at radius 2 is 1.82 bits per heavy atom. The number of amides is 1. The second-order valence-corrected chi connectivity index (χ2v) is 4.70. The lowest BCUT2D eigenvalue weighted by atomic mass is 10.0. The van der Waals surface area contributed by atoms with E-state index in [0.29, 0.717) is 0 Å². The molecule has 1 amide bonds. The average Bonchev–Trinajstić information content (AvgIpc) is 2.28. The number of hydrogen-bond acceptors (Lipinski definition) is 2. The molecule has 0 aliphatic carbocycles. The molecule has 0 fully saturated rings. The average molecular weight is 234 g/mol. The van der Waals surface area contributed by atoms with E-state index in [1.807, 2.05) is 19.1 Å². The first-order valence-corrected chi connectivity index (χ1v) is 5.96. The molecule has 3 nitrogen and oxygen atoms in total. The summed E-state index contributed by atoms with van der Waals surface area (Å²) in [6, 6.07) is 8.25. The fraction of sp³-hybridized carbons (Fsp3) is 0.500. The number of hydrogen-bond donors (Lipinski definition) is 1. The third-order valence-corrected chi connectivity index (χ3v) is 2.97. The van der Waals surface area contributed by atoms with Gasteiger partial charge in [-0.15, -0.1) is 0 Å². The molecule has 1 aromatic rings. The van der Waals surface area contributed by atoms with Gasteiger partial charge in [-0.3, -0.25) is 10.1 Å². The Kier molecular flexibility index (Phi) is 4.70. The minimum absolute atomic E-state index is 0.102. The zero-order valence-corrected chi connectivity index (χ0v) is 11.3. The molecule has 0 saturated heterocycles. The summed E-state index contributed by atoms with van der Waals surface area (Å²) in [5.74, 6) is 0.102. The van der Waals surface area contributed by atoms with Gasteiger partial charge < -0.3 is 4.90 Å². The van der Waals surface area contributed by atoms with Crippen LogP contribution in [0.15, 0.2) is 24.3 Å². The fourth-order valence-corrected chi connectivity index (χ4v) is 2.00. The van der Waals surface area contributed by atoms with Crippen LogP contribution in [0.4, 0.5) is 0 Å². The van der Waals surface area contributed by atoms with Crippen molar-refractivity contribution in [2.75, 3.05) is 14.1 Å². The molecule has 0 heterocycles. The molecule has 2 atom stereocenters. The molecule has 0 saturated carbocycles. The van der Waals surface area contributed by atoms with Crippen LogP contribution in [0, 0.1) is 6.92 Å². The molecule has 1 rings (SSSR count). The molecule has 17 heavy (non-hydrogen) atoms. The van der Waals surface area contributed by atoms with Gasteiger partial charge in [0.1, 0.15) is 0 Å². The summed E-state index contributed by atoms with van der Waals surface area (Å²) in [4.78, 5) is 13.4. The van der Waals surface area contributed by atoms with Crippen LogP contribution < -0.4 is 5.32 Å². The van der Waals surface area contributed by atoms with Crippen molar-refractivity contribution in [3.8, 4) is 0 Å². The van der Waals surface area contributed by atoms with Gasteiger partial charge in [0.2, 0.25) is 5.91 Å². The van der Waals surface area contributed by atoms with Crippen molar-refractivity contribution in [2.45, 2.75) is 32.9 Å². The Balaban J connectivity index is 2.70. The van der Waals surface area contributed by atoms with E-state index >= 15 is 0 Å². The highest BCUT2D eigenvalue weighted by Gasteiger charge is 2.18. The molecule has 3 heteroatoms. The number of carbonyl (C=O) groups excluding carboxylic acids is 1. The third-order valence-electron chi connectivity index (χ3n) is 2.97. The van der Waals surface area contributed by atoms with Crippen molar-refractivity contribution in [1.82, 2.24) is 10.2 Å². The van der Waals surface area contributed by atoms with E-state index in [4.69, 9.17) is 0 Å². The van der Waals surface area contributed by atoms with E-state index < -0.39 is 0 Å². The molecule has 0 bridgehead atoms. The van der Waals surface area contributed by atoms with E-state index in [0.717, 1.165) is 0 Å². The van der Waals surface area contributed by atoms with Gasteiger partial charge in [0, 0.05) is 20.1 Å². The quantitative estimate of drug-likeness (QED) is 0.865. The Morgan fingerprint density at radius 1 is 1.24 bits per heavy atom. The van der Waals surface area contributed by atoms with Crippen LogP contribution in [0.3, 0.4) is 0 Å². The van der Waals surface area contributed by atoms with Crippen molar-refractivity contribution < 1.29 is 4.79 Å². The van der Waals surface area contributed by atoms with Crippen molar-refractivity contribution >= 4 is 5.91 Å². The van der Waals surface area contributed by atoms with Gasteiger partial charge >= 0.3 is 0 Å². The van der Waals surface area contributed by atoms with Gasteiger partial charge in [0.25, 0.3) is 0 Å². The molecule has 0 radical (unpaired) electrons. The predicted octanol–water partition coefficient (Wildman–Crippen LogP) is 2.12. The summed E-state index contributed by atoms with van der Waals surface area (Å²) in [6.07, 6.45) is 0. The lowest BCUT2D eigenvalue weighted by molar-refractivity contribution is -0.130. The highest BCUT2D eigenvalue weighted by molar-refractivity contribution is 5.80. The van der Waals surface area contributed by atoms with Crippen LogP contribution in [-0.4, -0.2) is 30.9 Å². The number of rotatable bonds is 4. The van der Waals surface area contributed by atoms with E-state index in [1.165, 1.54) is 11.1 Å². The maximum Gasteiger partial charge on any atom is 0.238 e. The highest BCUT2D eigenvalue weighted by atomic mass is 16.2. The van der Waals surface area contributed by atoms with Gasteiger partial charge in [-0.1, -0.05) is 24.3 Å². The number of carbonyl (C=O) groups is 1. The number of nitrogens with zero attached hydrogens (tertiary/aromatic N) is 1. The van der Waals surface area contributed by atoms with Crippen LogP contribution in [0.1, 0.15) is 31.0 Å². The van der Waals surface area contributed by atoms with Gasteiger partial charge in [0.05, 0.1) is 6.04 Å². The van der Waals surface area contributed by atoms with Crippen molar-refractivity contribution in [2.24, 2.45) is 0 Å². The first kappa shape index (κ1) is 13.7. The van der Waals surface area contributed by atoms with Crippen LogP contribution >= 0.6 is 0 Å². The Labute approximate surface area is 104 Å². The molecule has 0 aliphatic rings. The van der Waals surface area contributed by atoms with Gasteiger partial charge in [0.15, 0.2) is 0 Å². The molecule has 1 N–H and O–H groups in total. The van der Waals surface area contributed by atoms with E-state index in [9.17, 15) is 4.79 Å². The van der Waals surface area contributed by atoms with Gasteiger partial charge in [-0.05, 0) is 31.9 Å². The summed E-state index contributed by atoms with van der Waals surface area (Å²) >= 11 is 0. The lowest BCUT2D eigenvalue weighted by Gasteiger charge is -2.23. The minimum Gasteiger partial charge on any atom is -0.347 e. The number of likely N-dealkylation sites (N-methyl/N-ethyl adjacent to an activating group) is 1. The highest BCUT2D eigenvalue weighted by Crippen LogP contribution is 2.17. The smallest absolute Gasteiger partial charge is 0.238 e. The Bertz CT molecular complexity index is 388. The fourth-order valence-electron chi connectivity index (χ4n) is 2.00. The summed E-state index contributed by atoms with van der Waals surface area (Å²) in [5, 5.41) is 3.33. The summed E-state index contributed by atoms with van der Waals surface area (Å²) in [6.45, 7) is 6.07. The zero-order chi connectivity index (χ0) is 13.0. The van der Waals surface area contributed by atoms with Crippen molar-refractivity contribution in [3.05, 3.63) is 35.4 Å². The maximum absolute atomic E-state index is 11.8. The van der Waals surface area contributed by atoms with E-state index in [1.54, 1.807) is 19.0 Å². The Hall–Kier alpha value is -1.35. The third kappa shape index (κ3) is 3.56. The molecular formula is C14H22N2O. The van der Waals surface area contributed by atoms with E-state index in [-0.39, 0.29) is 18.0 Å². The summed E-state index contributed by atoms with van der Waals surface area (Å²) < 4.78 is 0. The summed E-state index contributed by atoms with van der Waals surface area (Å²) in [5.41, 5.74) is 2.49. The first-order valence-electron chi connectivity index (χ1n) is 5.96. The van der Waals surface area contributed by atoms with Crippen LogP contribution in [0.5, 0.6) is 0 Å². The zero-order valence-electron chi connectivity index (χ0n) is 11.3.